The molecule has 1 N–H and O–H groups in total. The van der Waals surface area contributed by atoms with E-state index in [1.807, 2.05) is 38.2 Å². The van der Waals surface area contributed by atoms with Crippen molar-refractivity contribution in [3.05, 3.63) is 46.2 Å². The minimum absolute atomic E-state index is 0.355. The van der Waals surface area contributed by atoms with Crippen LogP contribution in [0.3, 0.4) is 0 Å². The summed E-state index contributed by atoms with van der Waals surface area (Å²) in [4.78, 5) is 8.65. The van der Waals surface area contributed by atoms with Gasteiger partial charge in [-0.25, -0.2) is 4.98 Å². The average molecular weight is 306 g/mol. The van der Waals surface area contributed by atoms with Crippen molar-refractivity contribution < 1.29 is 4.74 Å². The number of aromatic nitrogens is 2. The molecule has 0 saturated heterocycles. The normalized spacial score (nSPS) is 10.7. The Bertz CT molecular complexity index is 616. The highest BCUT2D eigenvalue weighted by Gasteiger charge is 2.06. The molecule has 2 rings (SSSR count). The molecule has 0 amide bonds. The van der Waals surface area contributed by atoms with E-state index in [9.17, 15) is 0 Å². The number of nitrogens with one attached hydrogen (secondary N) is 1. The van der Waals surface area contributed by atoms with Crippen molar-refractivity contribution in [3.63, 3.8) is 0 Å². The second-order valence-corrected chi connectivity index (χ2v) is 5.36. The lowest BCUT2D eigenvalue weighted by Gasteiger charge is -2.09. The largest absolute Gasteiger partial charge is 0.424 e. The molecule has 2 aromatic rings. The van der Waals surface area contributed by atoms with Crippen molar-refractivity contribution in [2.75, 3.05) is 6.54 Å². The van der Waals surface area contributed by atoms with Crippen LogP contribution in [0.15, 0.2) is 24.4 Å². The molecule has 5 heteroatoms. The van der Waals surface area contributed by atoms with Crippen LogP contribution in [0.1, 0.15) is 30.2 Å². The first-order valence-electron chi connectivity index (χ1n) is 7.07. The summed E-state index contributed by atoms with van der Waals surface area (Å²) in [6.07, 6.45) is 2.92. The maximum absolute atomic E-state index is 6.00. The van der Waals surface area contributed by atoms with Crippen LogP contribution in [-0.4, -0.2) is 16.5 Å². The monoisotopic (exact) mass is 305 g/mol. The van der Waals surface area contributed by atoms with E-state index in [0.717, 1.165) is 41.4 Å². The zero-order valence-electron chi connectivity index (χ0n) is 12.6. The molecule has 0 aliphatic heterocycles. The Kier molecular flexibility index (Phi) is 5.53. The van der Waals surface area contributed by atoms with Gasteiger partial charge in [0.15, 0.2) is 0 Å². The summed E-state index contributed by atoms with van der Waals surface area (Å²) in [6, 6.07) is 5.85. The van der Waals surface area contributed by atoms with Crippen LogP contribution in [0.25, 0.3) is 0 Å². The molecule has 112 valence electrons. The van der Waals surface area contributed by atoms with Gasteiger partial charge >= 0.3 is 6.01 Å². The smallest absolute Gasteiger partial charge is 0.322 e. The second-order valence-electron chi connectivity index (χ2n) is 4.95. The fourth-order valence-corrected chi connectivity index (χ4v) is 2.00. The fourth-order valence-electron chi connectivity index (χ4n) is 1.88. The van der Waals surface area contributed by atoms with Crippen molar-refractivity contribution >= 4 is 11.6 Å². The van der Waals surface area contributed by atoms with Gasteiger partial charge in [-0.2, -0.15) is 4.98 Å². The number of hydrogen-bond acceptors (Lipinski definition) is 4. The van der Waals surface area contributed by atoms with Crippen LogP contribution in [0.2, 0.25) is 5.02 Å². The van der Waals surface area contributed by atoms with Gasteiger partial charge in [0.1, 0.15) is 5.75 Å². The Morgan fingerprint density at radius 3 is 2.76 bits per heavy atom. The Balaban J connectivity index is 2.07. The van der Waals surface area contributed by atoms with Gasteiger partial charge in [-0.05, 0) is 50.6 Å². The molecule has 4 nitrogen and oxygen atoms in total. The summed E-state index contributed by atoms with van der Waals surface area (Å²) in [5.74, 6) is 0.688. The van der Waals surface area contributed by atoms with Crippen molar-refractivity contribution in [2.45, 2.75) is 33.7 Å². The van der Waals surface area contributed by atoms with Crippen LogP contribution in [0.4, 0.5) is 0 Å². The molecule has 0 aliphatic rings. The van der Waals surface area contributed by atoms with Gasteiger partial charge in [0.05, 0.1) is 0 Å². The minimum Gasteiger partial charge on any atom is -0.424 e. The number of rotatable bonds is 6. The molecule has 0 unspecified atom stereocenters. The van der Waals surface area contributed by atoms with Crippen LogP contribution in [0, 0.1) is 13.8 Å². The highest BCUT2D eigenvalue weighted by molar-refractivity contribution is 6.31. The Morgan fingerprint density at radius 1 is 1.29 bits per heavy atom. The lowest BCUT2D eigenvalue weighted by molar-refractivity contribution is 0.438. The molecule has 0 atom stereocenters. The Hall–Kier alpha value is -1.65. The molecule has 21 heavy (non-hydrogen) atoms. The van der Waals surface area contributed by atoms with Gasteiger partial charge in [0.2, 0.25) is 0 Å². The predicted molar refractivity (Wildman–Crippen MR) is 85.0 cm³/mol. The molecule has 0 spiro atoms. The predicted octanol–water partition coefficient (Wildman–Crippen LogP) is 4.04. The molecule has 1 aromatic heterocycles. The third-order valence-corrected chi connectivity index (χ3v) is 3.56. The molecule has 0 aliphatic carbocycles. The quantitative estimate of drug-likeness (QED) is 0.818. The molecule has 0 bridgehead atoms. The zero-order valence-corrected chi connectivity index (χ0v) is 13.4. The Morgan fingerprint density at radius 2 is 2.10 bits per heavy atom. The lowest BCUT2D eigenvalue weighted by Crippen LogP contribution is -2.15. The molecular weight excluding hydrogens is 286 g/mol. The third kappa shape index (κ3) is 4.41. The molecule has 1 heterocycles. The Labute approximate surface area is 130 Å². The number of nitrogens with zero attached hydrogens (tertiary/aromatic N) is 2. The van der Waals surface area contributed by atoms with Crippen molar-refractivity contribution in [3.8, 4) is 11.8 Å². The van der Waals surface area contributed by atoms with E-state index in [1.165, 1.54) is 0 Å². The van der Waals surface area contributed by atoms with E-state index in [0.29, 0.717) is 11.8 Å². The molecule has 1 aromatic carbocycles. The molecule has 0 fully saturated rings. The summed E-state index contributed by atoms with van der Waals surface area (Å²) in [7, 11) is 0. The first-order valence-corrected chi connectivity index (χ1v) is 7.45. The van der Waals surface area contributed by atoms with E-state index >= 15 is 0 Å². The number of halogens is 1. The zero-order chi connectivity index (χ0) is 15.2. The maximum Gasteiger partial charge on any atom is 0.322 e. The average Bonchev–Trinajstić information content (AvgIpc) is 2.45. The summed E-state index contributed by atoms with van der Waals surface area (Å²) in [6.45, 7) is 7.80. The van der Waals surface area contributed by atoms with Crippen LogP contribution >= 0.6 is 11.6 Å². The van der Waals surface area contributed by atoms with Gasteiger partial charge in [0.25, 0.3) is 0 Å². The summed E-state index contributed by atoms with van der Waals surface area (Å²) >= 11 is 6.00. The van der Waals surface area contributed by atoms with Gasteiger partial charge in [-0.1, -0.05) is 18.5 Å². The maximum atomic E-state index is 6.00. The minimum atomic E-state index is 0.355. The van der Waals surface area contributed by atoms with Gasteiger partial charge in [-0.3, -0.25) is 0 Å². The van der Waals surface area contributed by atoms with E-state index < -0.39 is 0 Å². The molecule has 0 saturated carbocycles. The SMILES string of the molecule is CCCNCc1cnc(Oc2ccc(Cl)c(C)c2)nc1C. The van der Waals surface area contributed by atoms with Crippen molar-refractivity contribution in [2.24, 2.45) is 0 Å². The third-order valence-electron chi connectivity index (χ3n) is 3.14. The highest BCUT2D eigenvalue weighted by atomic mass is 35.5. The van der Waals surface area contributed by atoms with Crippen LogP contribution < -0.4 is 10.1 Å². The lowest BCUT2D eigenvalue weighted by atomic mass is 10.2. The van der Waals surface area contributed by atoms with Gasteiger partial charge < -0.3 is 10.1 Å². The van der Waals surface area contributed by atoms with Gasteiger partial charge in [0, 0.05) is 29.0 Å². The van der Waals surface area contributed by atoms with E-state index in [1.54, 1.807) is 0 Å². The van der Waals surface area contributed by atoms with E-state index in [-0.39, 0.29) is 0 Å². The number of ether oxygens (including phenoxy) is 1. The van der Waals surface area contributed by atoms with Crippen molar-refractivity contribution in [1.29, 1.82) is 0 Å². The molecular formula is C16H20ClN3O. The van der Waals surface area contributed by atoms with Gasteiger partial charge in [-0.15, -0.1) is 0 Å². The second kappa shape index (κ2) is 7.38. The standard InChI is InChI=1S/C16H20ClN3O/c1-4-7-18-9-13-10-19-16(20-12(13)3)21-14-5-6-15(17)11(2)8-14/h5-6,8,10,18H,4,7,9H2,1-3H3. The van der Waals surface area contributed by atoms with Crippen LogP contribution in [-0.2, 0) is 6.54 Å². The first kappa shape index (κ1) is 15.7. The highest BCUT2D eigenvalue weighted by Crippen LogP contribution is 2.24. The molecule has 0 radical (unpaired) electrons. The topological polar surface area (TPSA) is 47.0 Å². The summed E-state index contributed by atoms with van der Waals surface area (Å²) in [5.41, 5.74) is 2.98. The summed E-state index contributed by atoms with van der Waals surface area (Å²) < 4.78 is 5.67. The number of hydrogen-bond donors (Lipinski definition) is 1. The van der Waals surface area contributed by atoms with Crippen molar-refractivity contribution in [1.82, 2.24) is 15.3 Å². The number of aryl methyl sites for hydroxylation is 2. The first-order chi connectivity index (χ1) is 10.1. The summed E-state index contributed by atoms with van der Waals surface area (Å²) in [5, 5.41) is 4.06. The number of benzene rings is 1. The fraction of sp³-hybridized carbons (Fsp3) is 0.375. The van der Waals surface area contributed by atoms with E-state index in [2.05, 4.69) is 22.2 Å². The van der Waals surface area contributed by atoms with Crippen LogP contribution in [0.5, 0.6) is 11.8 Å². The van der Waals surface area contributed by atoms with E-state index in [4.69, 9.17) is 16.3 Å².